The van der Waals surface area contributed by atoms with Gasteiger partial charge in [-0.05, 0) is 38.0 Å². The van der Waals surface area contributed by atoms with E-state index in [9.17, 15) is 0 Å². The van der Waals surface area contributed by atoms with Crippen molar-refractivity contribution in [3.05, 3.63) is 0 Å². The van der Waals surface area contributed by atoms with Crippen LogP contribution in [0.2, 0.25) is 0 Å². The zero-order chi connectivity index (χ0) is 12.8. The molecule has 3 rings (SSSR count). The van der Waals surface area contributed by atoms with E-state index in [-0.39, 0.29) is 0 Å². The maximum atomic E-state index is 5.64. The molecular weight excluding hydrogens is 224 g/mol. The van der Waals surface area contributed by atoms with Crippen LogP contribution in [0.1, 0.15) is 40.0 Å². The van der Waals surface area contributed by atoms with Crippen molar-refractivity contribution in [2.24, 2.45) is 11.8 Å². The largest absolute Gasteiger partial charge is 0.380 e. The summed E-state index contributed by atoms with van der Waals surface area (Å²) in [5, 5.41) is 3.80. The molecule has 104 valence electrons. The smallest absolute Gasteiger partial charge is 0.0622 e. The number of hydrogen-bond donors (Lipinski definition) is 1. The van der Waals surface area contributed by atoms with Gasteiger partial charge < -0.3 is 10.1 Å². The minimum atomic E-state index is 0.379. The van der Waals surface area contributed by atoms with E-state index in [0.717, 1.165) is 31.6 Å². The van der Waals surface area contributed by atoms with Crippen molar-refractivity contribution >= 4 is 0 Å². The second kappa shape index (κ2) is 4.77. The monoisotopic (exact) mass is 252 g/mol. The molecule has 2 heterocycles. The SMILES string of the molecule is CC(C)C1CN(C2CCOC2)C(C)(C2CC2)CN1. The third-order valence-electron chi connectivity index (χ3n) is 5.38. The Morgan fingerprint density at radius 2 is 2.06 bits per heavy atom. The molecule has 0 radical (unpaired) electrons. The fraction of sp³-hybridized carbons (Fsp3) is 1.00. The minimum absolute atomic E-state index is 0.379. The van der Waals surface area contributed by atoms with Crippen LogP contribution in [0.25, 0.3) is 0 Å². The molecule has 18 heavy (non-hydrogen) atoms. The number of nitrogens with zero attached hydrogens (tertiary/aromatic N) is 1. The van der Waals surface area contributed by atoms with Gasteiger partial charge in [0.05, 0.1) is 6.61 Å². The molecule has 3 aliphatic rings. The summed E-state index contributed by atoms with van der Waals surface area (Å²) in [6.45, 7) is 11.4. The van der Waals surface area contributed by atoms with Crippen LogP contribution in [0.5, 0.6) is 0 Å². The lowest BCUT2D eigenvalue weighted by atomic mass is 9.85. The van der Waals surface area contributed by atoms with Gasteiger partial charge in [0.25, 0.3) is 0 Å². The molecule has 3 heteroatoms. The van der Waals surface area contributed by atoms with E-state index >= 15 is 0 Å². The first-order chi connectivity index (χ1) is 8.61. The molecule has 0 aromatic rings. The highest BCUT2D eigenvalue weighted by molar-refractivity contribution is 5.07. The van der Waals surface area contributed by atoms with E-state index in [0.29, 0.717) is 17.6 Å². The first-order valence-electron chi connectivity index (χ1n) is 7.69. The quantitative estimate of drug-likeness (QED) is 0.830. The van der Waals surface area contributed by atoms with Crippen LogP contribution in [-0.2, 0) is 4.74 Å². The maximum absolute atomic E-state index is 5.64. The van der Waals surface area contributed by atoms with Gasteiger partial charge in [-0.25, -0.2) is 0 Å². The predicted octanol–water partition coefficient (Wildman–Crippen LogP) is 1.87. The third-order valence-corrected chi connectivity index (χ3v) is 5.38. The molecular formula is C15H28N2O. The molecule has 2 aliphatic heterocycles. The average Bonchev–Trinajstić information content (AvgIpc) is 3.07. The lowest BCUT2D eigenvalue weighted by molar-refractivity contribution is -0.0123. The molecule has 0 aromatic carbocycles. The van der Waals surface area contributed by atoms with E-state index < -0.39 is 0 Å². The van der Waals surface area contributed by atoms with Crippen LogP contribution in [-0.4, -0.2) is 48.8 Å². The highest BCUT2D eigenvalue weighted by Crippen LogP contribution is 2.45. The number of hydrogen-bond acceptors (Lipinski definition) is 3. The molecule has 1 aliphatic carbocycles. The van der Waals surface area contributed by atoms with Crippen LogP contribution in [0, 0.1) is 11.8 Å². The van der Waals surface area contributed by atoms with Crippen molar-refractivity contribution in [2.45, 2.75) is 57.7 Å². The molecule has 3 fully saturated rings. The molecule has 0 amide bonds. The predicted molar refractivity (Wildman–Crippen MR) is 73.7 cm³/mol. The van der Waals surface area contributed by atoms with Crippen molar-refractivity contribution in [1.29, 1.82) is 0 Å². The summed E-state index contributed by atoms with van der Waals surface area (Å²) in [5.74, 6) is 1.64. The summed E-state index contributed by atoms with van der Waals surface area (Å²) in [6, 6.07) is 1.32. The van der Waals surface area contributed by atoms with Crippen molar-refractivity contribution in [1.82, 2.24) is 10.2 Å². The van der Waals surface area contributed by atoms with Crippen molar-refractivity contribution in [2.75, 3.05) is 26.3 Å². The molecule has 3 atom stereocenters. The summed E-state index contributed by atoms with van der Waals surface area (Å²) in [6.07, 6.45) is 4.08. The standard InChI is InChI=1S/C15H28N2O/c1-11(2)14-8-17(13-6-7-18-9-13)15(3,10-16-14)12-4-5-12/h11-14,16H,4-10H2,1-3H3. The maximum Gasteiger partial charge on any atom is 0.0622 e. The Hall–Kier alpha value is -0.120. The van der Waals surface area contributed by atoms with Crippen LogP contribution in [0.15, 0.2) is 0 Å². The minimum Gasteiger partial charge on any atom is -0.380 e. The third kappa shape index (κ3) is 2.21. The number of rotatable bonds is 3. The second-order valence-corrected chi connectivity index (χ2v) is 7.03. The molecule has 0 spiro atoms. The zero-order valence-electron chi connectivity index (χ0n) is 12.1. The molecule has 2 saturated heterocycles. The van der Waals surface area contributed by atoms with Gasteiger partial charge in [-0.15, -0.1) is 0 Å². The Kier molecular flexibility index (Phi) is 3.41. The Morgan fingerprint density at radius 3 is 2.61 bits per heavy atom. The number of nitrogens with one attached hydrogen (secondary N) is 1. The van der Waals surface area contributed by atoms with E-state index in [4.69, 9.17) is 4.74 Å². The van der Waals surface area contributed by atoms with Crippen LogP contribution in [0.3, 0.4) is 0 Å². The fourth-order valence-corrected chi connectivity index (χ4v) is 3.79. The van der Waals surface area contributed by atoms with E-state index in [2.05, 4.69) is 31.0 Å². The van der Waals surface area contributed by atoms with Gasteiger partial charge in [0, 0.05) is 37.3 Å². The normalized spacial score (nSPS) is 42.7. The molecule has 0 aromatic heterocycles. The Bertz CT molecular complexity index is 297. The summed E-state index contributed by atoms with van der Waals surface area (Å²) in [7, 11) is 0. The van der Waals surface area contributed by atoms with Crippen molar-refractivity contribution in [3.63, 3.8) is 0 Å². The first kappa shape index (κ1) is 12.9. The van der Waals surface area contributed by atoms with Crippen LogP contribution >= 0.6 is 0 Å². The molecule has 3 unspecified atom stereocenters. The highest BCUT2D eigenvalue weighted by Gasteiger charge is 2.50. The van der Waals surface area contributed by atoms with Crippen molar-refractivity contribution in [3.8, 4) is 0 Å². The van der Waals surface area contributed by atoms with E-state index in [1.807, 2.05) is 0 Å². The second-order valence-electron chi connectivity index (χ2n) is 7.03. The molecule has 3 nitrogen and oxygen atoms in total. The van der Waals surface area contributed by atoms with Crippen LogP contribution in [0.4, 0.5) is 0 Å². The van der Waals surface area contributed by atoms with Gasteiger partial charge in [-0.1, -0.05) is 13.8 Å². The molecule has 1 N–H and O–H groups in total. The van der Waals surface area contributed by atoms with Crippen LogP contribution < -0.4 is 5.32 Å². The summed E-state index contributed by atoms with van der Waals surface area (Å²) in [4.78, 5) is 2.80. The Balaban J connectivity index is 1.77. The van der Waals surface area contributed by atoms with Gasteiger partial charge in [-0.2, -0.15) is 0 Å². The first-order valence-corrected chi connectivity index (χ1v) is 7.69. The lowest BCUT2D eigenvalue weighted by Gasteiger charge is -2.52. The van der Waals surface area contributed by atoms with Gasteiger partial charge >= 0.3 is 0 Å². The van der Waals surface area contributed by atoms with Gasteiger partial charge in [0.2, 0.25) is 0 Å². The summed E-state index contributed by atoms with van der Waals surface area (Å²) < 4.78 is 5.64. The van der Waals surface area contributed by atoms with E-state index in [1.54, 1.807) is 0 Å². The van der Waals surface area contributed by atoms with Gasteiger partial charge in [-0.3, -0.25) is 4.90 Å². The topological polar surface area (TPSA) is 24.5 Å². The van der Waals surface area contributed by atoms with Gasteiger partial charge in [0.1, 0.15) is 0 Å². The lowest BCUT2D eigenvalue weighted by Crippen LogP contribution is -2.68. The van der Waals surface area contributed by atoms with Crippen molar-refractivity contribution < 1.29 is 4.74 Å². The Labute approximate surface area is 111 Å². The highest BCUT2D eigenvalue weighted by atomic mass is 16.5. The average molecular weight is 252 g/mol. The summed E-state index contributed by atoms with van der Waals surface area (Å²) in [5.41, 5.74) is 0.379. The number of piperazine rings is 1. The Morgan fingerprint density at radius 1 is 1.28 bits per heavy atom. The summed E-state index contributed by atoms with van der Waals surface area (Å²) >= 11 is 0. The van der Waals surface area contributed by atoms with Gasteiger partial charge in [0.15, 0.2) is 0 Å². The fourth-order valence-electron chi connectivity index (χ4n) is 3.79. The number of ether oxygens (including phenoxy) is 1. The van der Waals surface area contributed by atoms with E-state index in [1.165, 1.54) is 25.8 Å². The zero-order valence-corrected chi connectivity index (χ0v) is 12.1. The molecule has 0 bridgehead atoms. The molecule has 1 saturated carbocycles.